The van der Waals surface area contributed by atoms with Gasteiger partial charge in [-0.3, -0.25) is 0 Å². The third-order valence-electron chi connectivity index (χ3n) is 2.62. The maximum atomic E-state index is 12.1. The first kappa shape index (κ1) is 16.1. The van der Waals surface area contributed by atoms with Gasteiger partial charge in [0.25, 0.3) is 0 Å². The molecule has 108 valence electrons. The summed E-state index contributed by atoms with van der Waals surface area (Å²) in [6.45, 7) is 2.48. The van der Waals surface area contributed by atoms with Gasteiger partial charge in [0.2, 0.25) is 10.0 Å². The summed E-state index contributed by atoms with van der Waals surface area (Å²) in [7, 11) is -2.02. The fourth-order valence-electron chi connectivity index (χ4n) is 1.75. The van der Waals surface area contributed by atoms with Crippen LogP contribution < -0.4 is 4.72 Å². The number of sulfonamides is 1. The average Bonchev–Trinajstić information content (AvgIpc) is 2.37. The Hall–Kier alpha value is -0.950. The number of rotatable bonds is 8. The highest BCUT2D eigenvalue weighted by molar-refractivity contribution is 7.89. The molecule has 0 aromatic heterocycles. The highest BCUT2D eigenvalue weighted by Crippen LogP contribution is 2.17. The topological polar surface area (TPSA) is 75.6 Å². The lowest BCUT2D eigenvalue weighted by atomic mass is 10.1. The van der Waals surface area contributed by atoms with Crippen LogP contribution >= 0.6 is 0 Å². The fourth-order valence-corrected chi connectivity index (χ4v) is 3.14. The van der Waals surface area contributed by atoms with Crippen LogP contribution in [-0.2, 0) is 21.2 Å². The van der Waals surface area contributed by atoms with E-state index in [1.807, 2.05) is 6.92 Å². The number of benzene rings is 1. The Morgan fingerprint density at radius 3 is 2.68 bits per heavy atom. The second-order valence-electron chi connectivity index (χ2n) is 4.32. The van der Waals surface area contributed by atoms with Gasteiger partial charge in [-0.2, -0.15) is 0 Å². The molecule has 0 saturated carbocycles. The molecule has 5 nitrogen and oxygen atoms in total. The summed E-state index contributed by atoms with van der Waals surface area (Å²) in [4.78, 5) is 0.221. The van der Waals surface area contributed by atoms with Crippen LogP contribution in [0.25, 0.3) is 0 Å². The molecule has 0 radical (unpaired) electrons. The number of hydrogen-bond donors (Lipinski definition) is 2. The van der Waals surface area contributed by atoms with E-state index in [4.69, 9.17) is 4.74 Å². The van der Waals surface area contributed by atoms with Gasteiger partial charge in [0, 0.05) is 20.1 Å². The van der Waals surface area contributed by atoms with Crippen molar-refractivity contribution in [3.63, 3.8) is 0 Å². The maximum Gasteiger partial charge on any atom is 0.240 e. The molecular weight excluding hydrogens is 266 g/mol. The summed E-state index contributed by atoms with van der Waals surface area (Å²) in [5.74, 6) is 0. The van der Waals surface area contributed by atoms with E-state index in [0.29, 0.717) is 12.1 Å². The van der Waals surface area contributed by atoms with Crippen molar-refractivity contribution < 1.29 is 18.3 Å². The van der Waals surface area contributed by atoms with Gasteiger partial charge in [0.15, 0.2) is 0 Å². The van der Waals surface area contributed by atoms with Crippen LogP contribution in [0.3, 0.4) is 0 Å². The number of nitrogens with one attached hydrogen (secondary N) is 1. The van der Waals surface area contributed by atoms with E-state index in [2.05, 4.69) is 4.72 Å². The molecule has 1 aromatic rings. The van der Waals surface area contributed by atoms with Gasteiger partial charge in [-0.05, 0) is 18.1 Å². The third kappa shape index (κ3) is 4.91. The van der Waals surface area contributed by atoms with Crippen molar-refractivity contribution in [1.29, 1.82) is 0 Å². The Labute approximate surface area is 114 Å². The first-order valence-corrected chi connectivity index (χ1v) is 7.74. The maximum absolute atomic E-state index is 12.1. The summed E-state index contributed by atoms with van der Waals surface area (Å²) in [6.07, 6.45) is 0.262. The van der Waals surface area contributed by atoms with Gasteiger partial charge in [0.05, 0.1) is 17.6 Å². The first-order valence-electron chi connectivity index (χ1n) is 6.25. The molecule has 0 amide bonds. The highest BCUT2D eigenvalue weighted by Gasteiger charge is 2.18. The molecule has 1 rings (SSSR count). The van der Waals surface area contributed by atoms with Crippen LogP contribution in [0.1, 0.15) is 18.9 Å². The van der Waals surface area contributed by atoms with E-state index in [9.17, 15) is 13.5 Å². The molecule has 1 atom stereocenters. The minimum absolute atomic E-state index is 0.177. The Morgan fingerprint density at radius 1 is 1.37 bits per heavy atom. The minimum atomic E-state index is -3.52. The van der Waals surface area contributed by atoms with E-state index in [1.165, 1.54) is 7.11 Å². The molecule has 1 unspecified atom stereocenters. The summed E-state index contributed by atoms with van der Waals surface area (Å²) in [6, 6.07) is 6.69. The lowest BCUT2D eigenvalue weighted by molar-refractivity contribution is 0.0646. The lowest BCUT2D eigenvalue weighted by Gasteiger charge is -2.14. The first-order chi connectivity index (χ1) is 9.01. The van der Waals surface area contributed by atoms with Crippen molar-refractivity contribution in [3.8, 4) is 0 Å². The minimum Gasteiger partial charge on any atom is -0.390 e. The van der Waals surface area contributed by atoms with Gasteiger partial charge in [-0.25, -0.2) is 13.1 Å². The van der Waals surface area contributed by atoms with Gasteiger partial charge in [-0.15, -0.1) is 0 Å². The molecule has 1 aromatic carbocycles. The monoisotopic (exact) mass is 287 g/mol. The second-order valence-corrected chi connectivity index (χ2v) is 6.05. The standard InChI is InChI=1S/C13H21NO4S/c1-3-8-14-19(16,17)13-7-5-4-6-11(13)9-12(15)10-18-2/h4-7,12,14-15H,3,8-10H2,1-2H3. The molecule has 0 saturated heterocycles. The van der Waals surface area contributed by atoms with Crippen LogP contribution in [-0.4, -0.2) is 39.9 Å². The zero-order valence-corrected chi connectivity index (χ0v) is 12.1. The smallest absolute Gasteiger partial charge is 0.240 e. The van der Waals surface area contributed by atoms with Crippen LogP contribution in [0.15, 0.2) is 29.2 Å². The molecule has 0 fully saturated rings. The predicted molar refractivity (Wildman–Crippen MR) is 73.5 cm³/mol. The van der Waals surface area contributed by atoms with E-state index >= 15 is 0 Å². The summed E-state index contributed by atoms with van der Waals surface area (Å²) in [5.41, 5.74) is 0.593. The van der Waals surface area contributed by atoms with Crippen LogP contribution in [0.4, 0.5) is 0 Å². The van der Waals surface area contributed by atoms with Crippen LogP contribution in [0, 0.1) is 0 Å². The molecule has 2 N–H and O–H groups in total. The highest BCUT2D eigenvalue weighted by atomic mass is 32.2. The molecule has 0 aliphatic rings. The van der Waals surface area contributed by atoms with Crippen LogP contribution in [0.2, 0.25) is 0 Å². The normalized spacial score (nSPS) is 13.4. The number of ether oxygens (including phenoxy) is 1. The largest absolute Gasteiger partial charge is 0.390 e. The molecule has 0 aliphatic carbocycles. The summed E-state index contributed by atoms with van der Waals surface area (Å²) in [5, 5.41) is 9.73. The van der Waals surface area contributed by atoms with Crippen molar-refractivity contribution >= 4 is 10.0 Å². The number of hydrogen-bond acceptors (Lipinski definition) is 4. The molecule has 0 aliphatic heterocycles. The lowest BCUT2D eigenvalue weighted by Crippen LogP contribution is -2.26. The van der Waals surface area contributed by atoms with Crippen LogP contribution in [0.5, 0.6) is 0 Å². The number of aliphatic hydroxyl groups is 1. The molecule has 19 heavy (non-hydrogen) atoms. The molecular formula is C13H21NO4S. The van der Waals surface area contributed by atoms with E-state index in [-0.39, 0.29) is 17.9 Å². The Bertz CT molecular complexity index is 487. The van der Waals surface area contributed by atoms with E-state index in [0.717, 1.165) is 6.42 Å². The van der Waals surface area contributed by atoms with E-state index in [1.54, 1.807) is 24.3 Å². The zero-order valence-electron chi connectivity index (χ0n) is 11.3. The van der Waals surface area contributed by atoms with Gasteiger partial charge < -0.3 is 9.84 Å². The van der Waals surface area contributed by atoms with Gasteiger partial charge >= 0.3 is 0 Å². The van der Waals surface area contributed by atoms with E-state index < -0.39 is 16.1 Å². The Kier molecular flexibility index (Phi) is 6.44. The summed E-state index contributed by atoms with van der Waals surface area (Å²) >= 11 is 0. The molecule has 0 heterocycles. The Morgan fingerprint density at radius 2 is 2.05 bits per heavy atom. The number of methoxy groups -OCH3 is 1. The quantitative estimate of drug-likeness (QED) is 0.745. The van der Waals surface area contributed by atoms with Crippen molar-refractivity contribution in [2.75, 3.05) is 20.3 Å². The fraction of sp³-hybridized carbons (Fsp3) is 0.538. The zero-order chi connectivity index (χ0) is 14.3. The van der Waals surface area contributed by atoms with Gasteiger partial charge in [-0.1, -0.05) is 25.1 Å². The predicted octanol–water partition coefficient (Wildman–Crippen LogP) is 0.925. The third-order valence-corrected chi connectivity index (χ3v) is 4.18. The number of aliphatic hydroxyl groups excluding tert-OH is 1. The second kappa shape index (κ2) is 7.59. The SMILES string of the molecule is CCCNS(=O)(=O)c1ccccc1CC(O)COC. The molecule has 0 bridgehead atoms. The Balaban J connectivity index is 2.95. The van der Waals surface area contributed by atoms with Crippen molar-refractivity contribution in [2.24, 2.45) is 0 Å². The van der Waals surface area contributed by atoms with Crippen molar-refractivity contribution in [2.45, 2.75) is 30.8 Å². The van der Waals surface area contributed by atoms with Crippen molar-refractivity contribution in [3.05, 3.63) is 29.8 Å². The van der Waals surface area contributed by atoms with Crippen molar-refractivity contribution in [1.82, 2.24) is 4.72 Å². The molecule has 6 heteroatoms. The molecule has 0 spiro atoms. The van der Waals surface area contributed by atoms with Gasteiger partial charge in [0.1, 0.15) is 0 Å². The average molecular weight is 287 g/mol. The summed E-state index contributed by atoms with van der Waals surface area (Å²) < 4.78 is 31.6.